The van der Waals surface area contributed by atoms with Gasteiger partial charge in [-0.1, -0.05) is 42.2 Å². The van der Waals surface area contributed by atoms with Gasteiger partial charge in [0.25, 0.3) is 5.91 Å². The molecule has 0 bridgehead atoms. The van der Waals surface area contributed by atoms with Crippen LogP contribution < -0.4 is 14.2 Å². The van der Waals surface area contributed by atoms with Crippen molar-refractivity contribution in [3.63, 3.8) is 0 Å². The molecule has 0 aromatic heterocycles. The van der Waals surface area contributed by atoms with Crippen molar-refractivity contribution in [3.8, 4) is 17.2 Å². The van der Waals surface area contributed by atoms with Crippen LogP contribution in [-0.2, 0) is 14.3 Å². The van der Waals surface area contributed by atoms with Crippen molar-refractivity contribution in [1.82, 2.24) is 4.90 Å². The summed E-state index contributed by atoms with van der Waals surface area (Å²) in [6.07, 6.45) is 6.72. The number of benzene rings is 2. The van der Waals surface area contributed by atoms with E-state index < -0.39 is 5.97 Å². The van der Waals surface area contributed by atoms with Crippen LogP contribution in [0.5, 0.6) is 17.2 Å². The lowest BCUT2D eigenvalue weighted by Crippen LogP contribution is -2.35. The monoisotopic (exact) mass is 511 g/mol. The fourth-order valence-corrected chi connectivity index (χ4v) is 4.96. The number of hydrogen-bond donors (Lipinski definition) is 0. The van der Waals surface area contributed by atoms with E-state index in [1.807, 2.05) is 24.3 Å². The molecule has 2 fully saturated rings. The average molecular weight is 512 g/mol. The van der Waals surface area contributed by atoms with E-state index in [2.05, 4.69) is 0 Å². The largest absolute Gasteiger partial charge is 0.497 e. The Bertz CT molecular complexity index is 1170. The maximum atomic E-state index is 12.9. The van der Waals surface area contributed by atoms with Gasteiger partial charge in [-0.3, -0.25) is 9.69 Å². The molecule has 4 rings (SSSR count). The zero-order valence-corrected chi connectivity index (χ0v) is 21.0. The lowest BCUT2D eigenvalue weighted by Gasteiger charge is -2.18. The Morgan fingerprint density at radius 3 is 2.60 bits per heavy atom. The van der Waals surface area contributed by atoms with E-state index in [4.69, 9.17) is 31.2 Å². The fourth-order valence-electron chi connectivity index (χ4n) is 3.68. The van der Waals surface area contributed by atoms with Crippen molar-refractivity contribution in [2.45, 2.75) is 18.9 Å². The Labute approximate surface area is 213 Å². The number of esters is 1. The highest BCUT2D eigenvalue weighted by Gasteiger charge is 2.34. The first-order chi connectivity index (χ1) is 17.0. The standard InChI is InChI=1S/C26H25NO6S2/c1-30-19-9-5-17(6-10-19)8-12-24(28)33-21-11-7-18(14-22(21)31-2)15-23-25(29)27(26(34)35-23)16-20-4-3-13-32-20/h5-12,14-15,20H,3-4,13,16H2,1-2H3/b12-8+,23-15-/t20-/m0/s1. The molecule has 182 valence electrons. The molecule has 0 saturated carbocycles. The summed E-state index contributed by atoms with van der Waals surface area (Å²) in [5.74, 6) is 0.717. The summed E-state index contributed by atoms with van der Waals surface area (Å²) in [7, 11) is 3.09. The Kier molecular flexibility index (Phi) is 8.22. The Morgan fingerprint density at radius 2 is 1.91 bits per heavy atom. The Morgan fingerprint density at radius 1 is 1.14 bits per heavy atom. The van der Waals surface area contributed by atoms with Crippen molar-refractivity contribution in [2.24, 2.45) is 0 Å². The summed E-state index contributed by atoms with van der Waals surface area (Å²) in [4.78, 5) is 27.3. The first kappa shape index (κ1) is 25.0. The summed E-state index contributed by atoms with van der Waals surface area (Å²) < 4.78 is 22.1. The van der Waals surface area contributed by atoms with Crippen LogP contribution in [0.4, 0.5) is 0 Å². The van der Waals surface area contributed by atoms with Crippen LogP contribution in [0.2, 0.25) is 0 Å². The van der Waals surface area contributed by atoms with Gasteiger partial charge in [0, 0.05) is 12.7 Å². The summed E-state index contributed by atoms with van der Waals surface area (Å²) >= 11 is 6.68. The van der Waals surface area contributed by atoms with Crippen molar-refractivity contribution in [2.75, 3.05) is 27.4 Å². The quantitative estimate of drug-likeness (QED) is 0.219. The number of amides is 1. The van der Waals surface area contributed by atoms with Gasteiger partial charge in [0.15, 0.2) is 11.5 Å². The highest BCUT2D eigenvalue weighted by atomic mass is 32.2. The third-order valence-corrected chi connectivity index (χ3v) is 6.89. The van der Waals surface area contributed by atoms with Gasteiger partial charge in [-0.2, -0.15) is 0 Å². The van der Waals surface area contributed by atoms with Crippen molar-refractivity contribution >= 4 is 52.3 Å². The van der Waals surface area contributed by atoms with Crippen molar-refractivity contribution in [3.05, 3.63) is 64.6 Å². The van der Waals surface area contributed by atoms with Crippen LogP contribution in [0.25, 0.3) is 12.2 Å². The van der Waals surface area contributed by atoms with Crippen molar-refractivity contribution < 1.29 is 28.5 Å². The van der Waals surface area contributed by atoms with Crippen LogP contribution in [0, 0.1) is 0 Å². The maximum absolute atomic E-state index is 12.9. The summed E-state index contributed by atoms with van der Waals surface area (Å²) in [5, 5.41) is 0. The molecule has 2 aromatic rings. The molecule has 2 aliphatic rings. The van der Waals surface area contributed by atoms with Crippen molar-refractivity contribution in [1.29, 1.82) is 0 Å². The van der Waals surface area contributed by atoms with Gasteiger partial charge < -0.3 is 18.9 Å². The van der Waals surface area contributed by atoms with Gasteiger partial charge >= 0.3 is 5.97 Å². The van der Waals surface area contributed by atoms with Gasteiger partial charge in [0.2, 0.25) is 0 Å². The molecule has 1 atom stereocenters. The predicted octanol–water partition coefficient (Wildman–Crippen LogP) is 4.70. The second-order valence-electron chi connectivity index (χ2n) is 7.87. The highest BCUT2D eigenvalue weighted by molar-refractivity contribution is 8.26. The molecule has 0 unspecified atom stereocenters. The molecular weight excluding hydrogens is 486 g/mol. The molecule has 1 amide bonds. The van der Waals surface area contributed by atoms with Crippen LogP contribution in [-0.4, -0.2) is 54.6 Å². The second kappa shape index (κ2) is 11.5. The van der Waals surface area contributed by atoms with Crippen LogP contribution in [0.1, 0.15) is 24.0 Å². The van der Waals surface area contributed by atoms with E-state index in [1.165, 1.54) is 24.9 Å². The minimum atomic E-state index is -0.540. The molecular formula is C26H25NO6S2. The second-order valence-corrected chi connectivity index (χ2v) is 9.54. The molecule has 0 spiro atoms. The number of thioether (sulfide) groups is 1. The molecule has 2 aliphatic heterocycles. The molecule has 0 radical (unpaired) electrons. The zero-order valence-electron chi connectivity index (χ0n) is 19.4. The van der Waals surface area contributed by atoms with Gasteiger partial charge in [-0.25, -0.2) is 4.79 Å². The SMILES string of the molecule is COc1ccc(/C=C/C(=O)Oc2ccc(/C=C3\SC(=S)N(C[C@@H]4CCCO4)C3=O)cc2OC)cc1. The number of thiocarbonyl (C=S) groups is 1. The smallest absolute Gasteiger partial charge is 0.336 e. The lowest BCUT2D eigenvalue weighted by molar-refractivity contribution is -0.129. The average Bonchev–Trinajstić information content (AvgIpc) is 3.48. The number of carbonyl (C=O) groups excluding carboxylic acids is 2. The van der Waals surface area contributed by atoms with Crippen LogP contribution in [0.3, 0.4) is 0 Å². The highest BCUT2D eigenvalue weighted by Crippen LogP contribution is 2.35. The number of methoxy groups -OCH3 is 2. The Hall–Kier alpha value is -3.14. The number of ether oxygens (including phenoxy) is 4. The molecule has 0 N–H and O–H groups in total. The zero-order chi connectivity index (χ0) is 24.8. The summed E-state index contributed by atoms with van der Waals surface area (Å²) in [6, 6.07) is 12.4. The van der Waals surface area contributed by atoms with E-state index in [1.54, 1.807) is 42.4 Å². The first-order valence-electron chi connectivity index (χ1n) is 11.1. The van der Waals surface area contributed by atoms with E-state index >= 15 is 0 Å². The minimum absolute atomic E-state index is 0.0321. The van der Waals surface area contributed by atoms with E-state index in [-0.39, 0.29) is 17.8 Å². The molecule has 9 heteroatoms. The fraction of sp³-hybridized carbons (Fsp3) is 0.269. The van der Waals surface area contributed by atoms with E-state index in [9.17, 15) is 9.59 Å². The summed E-state index contributed by atoms with van der Waals surface area (Å²) in [6.45, 7) is 1.20. The molecule has 7 nitrogen and oxygen atoms in total. The molecule has 35 heavy (non-hydrogen) atoms. The normalized spacial score (nSPS) is 19.1. The number of nitrogens with zero attached hydrogens (tertiary/aromatic N) is 1. The number of carbonyl (C=O) groups is 2. The van der Waals surface area contributed by atoms with Crippen LogP contribution in [0.15, 0.2) is 53.4 Å². The predicted molar refractivity (Wildman–Crippen MR) is 140 cm³/mol. The molecule has 2 saturated heterocycles. The third-order valence-electron chi connectivity index (χ3n) is 5.51. The number of rotatable bonds is 8. The van der Waals surface area contributed by atoms with Crippen LogP contribution >= 0.6 is 24.0 Å². The van der Waals surface area contributed by atoms with Gasteiger partial charge in [0.05, 0.1) is 31.8 Å². The maximum Gasteiger partial charge on any atom is 0.336 e. The van der Waals surface area contributed by atoms with Gasteiger partial charge in [-0.15, -0.1) is 0 Å². The van der Waals surface area contributed by atoms with E-state index in [0.29, 0.717) is 21.5 Å². The lowest BCUT2D eigenvalue weighted by atomic mass is 10.1. The summed E-state index contributed by atoms with van der Waals surface area (Å²) in [5.41, 5.74) is 1.56. The molecule has 2 aromatic carbocycles. The van der Waals surface area contributed by atoms with Gasteiger partial charge in [-0.05, 0) is 60.4 Å². The van der Waals surface area contributed by atoms with Gasteiger partial charge in [0.1, 0.15) is 10.1 Å². The first-order valence-corrected chi connectivity index (χ1v) is 12.3. The number of hydrogen-bond acceptors (Lipinski definition) is 8. The third kappa shape index (κ3) is 6.30. The minimum Gasteiger partial charge on any atom is -0.497 e. The topological polar surface area (TPSA) is 74.3 Å². The van der Waals surface area contributed by atoms with E-state index in [0.717, 1.165) is 36.3 Å². The molecule has 0 aliphatic carbocycles. The Balaban J connectivity index is 1.42. The molecule has 2 heterocycles.